The molecule has 1 aliphatic heterocycles. The van der Waals surface area contributed by atoms with Gasteiger partial charge in [0.1, 0.15) is 31.0 Å². The van der Waals surface area contributed by atoms with Crippen molar-refractivity contribution in [3.63, 3.8) is 0 Å². The van der Waals surface area contributed by atoms with Crippen LogP contribution in [-0.4, -0.2) is 89.0 Å². The third-order valence-corrected chi connectivity index (χ3v) is 7.37. The zero-order valence-electron chi connectivity index (χ0n) is 26.0. The van der Waals surface area contributed by atoms with Gasteiger partial charge in [0.25, 0.3) is 0 Å². The Kier molecular flexibility index (Phi) is 22.7. The zero-order valence-corrected chi connectivity index (χ0v) is 26.0. The van der Waals surface area contributed by atoms with Crippen molar-refractivity contribution in [3.8, 4) is 0 Å². The second-order valence-corrected chi connectivity index (χ2v) is 11.3. The van der Waals surface area contributed by atoms with Crippen molar-refractivity contribution >= 4 is 11.9 Å². The van der Waals surface area contributed by atoms with Crippen LogP contribution >= 0.6 is 0 Å². The summed E-state index contributed by atoms with van der Waals surface area (Å²) in [6, 6.07) is 0. The Morgan fingerprint density at radius 3 is 1.90 bits per heavy atom. The number of hydrogen-bond donors (Lipinski definition) is 4. The quantitative estimate of drug-likeness (QED) is 0.0668. The van der Waals surface area contributed by atoms with E-state index in [1.807, 2.05) is 6.92 Å². The molecular formula is C32H58O10. The molecule has 0 spiro atoms. The van der Waals surface area contributed by atoms with Crippen molar-refractivity contribution in [3.05, 3.63) is 12.2 Å². The number of rotatable bonds is 25. The molecule has 0 bridgehead atoms. The summed E-state index contributed by atoms with van der Waals surface area (Å²) in [7, 11) is 0. The standard InChI is InChI=1S/C32H58O10/c1-3-5-6-7-8-9-10-11-12-13-14-15-16-17-18-19-21-28(35)41-25(23-39-27(34)20-4-2)24-40-32-31(38)30(37)29(36)26(22-33)42-32/h12-13,25-26,29-33,36-38H,3-11,14-24H2,1-2H3/b13-12-. The van der Waals surface area contributed by atoms with Gasteiger partial charge in [0.15, 0.2) is 12.4 Å². The Balaban J connectivity index is 2.28. The highest BCUT2D eigenvalue weighted by Crippen LogP contribution is 2.22. The van der Waals surface area contributed by atoms with Crippen LogP contribution in [-0.2, 0) is 28.5 Å². The highest BCUT2D eigenvalue weighted by Gasteiger charge is 2.44. The van der Waals surface area contributed by atoms with Crippen molar-refractivity contribution < 1.29 is 49.0 Å². The van der Waals surface area contributed by atoms with Gasteiger partial charge in [-0.15, -0.1) is 0 Å². The summed E-state index contributed by atoms with van der Waals surface area (Å²) < 4.78 is 21.5. The average molecular weight is 603 g/mol. The molecule has 246 valence electrons. The van der Waals surface area contributed by atoms with Gasteiger partial charge in [-0.25, -0.2) is 0 Å². The molecule has 0 saturated carbocycles. The molecule has 6 unspecified atom stereocenters. The van der Waals surface area contributed by atoms with Gasteiger partial charge in [0.05, 0.1) is 13.2 Å². The monoisotopic (exact) mass is 602 g/mol. The number of aliphatic hydroxyl groups excluding tert-OH is 4. The fraction of sp³-hybridized carbons (Fsp3) is 0.875. The summed E-state index contributed by atoms with van der Waals surface area (Å²) in [6.45, 7) is 2.99. The van der Waals surface area contributed by atoms with Crippen LogP contribution in [0.25, 0.3) is 0 Å². The Hall–Kier alpha value is -1.56. The van der Waals surface area contributed by atoms with Crippen LogP contribution in [0.5, 0.6) is 0 Å². The summed E-state index contributed by atoms with van der Waals surface area (Å²) in [6.07, 6.45) is 14.0. The van der Waals surface area contributed by atoms with Crippen molar-refractivity contribution in [2.45, 2.75) is 160 Å². The fourth-order valence-corrected chi connectivity index (χ4v) is 4.75. The maximum absolute atomic E-state index is 12.5. The van der Waals surface area contributed by atoms with E-state index < -0.39 is 55.4 Å². The average Bonchev–Trinajstić information content (AvgIpc) is 2.98. The Morgan fingerprint density at radius 2 is 1.31 bits per heavy atom. The van der Waals surface area contributed by atoms with Gasteiger partial charge >= 0.3 is 11.9 Å². The predicted octanol–water partition coefficient (Wildman–Crippen LogP) is 4.49. The lowest BCUT2D eigenvalue weighted by atomic mass is 9.99. The first-order chi connectivity index (χ1) is 20.3. The fourth-order valence-electron chi connectivity index (χ4n) is 4.75. The minimum Gasteiger partial charge on any atom is -0.462 e. The van der Waals surface area contributed by atoms with Crippen LogP contribution in [0, 0.1) is 0 Å². The number of hydrogen-bond acceptors (Lipinski definition) is 10. The summed E-state index contributed by atoms with van der Waals surface area (Å²) in [5, 5.41) is 39.4. The van der Waals surface area contributed by atoms with Crippen LogP contribution in [0.4, 0.5) is 0 Å². The maximum atomic E-state index is 12.5. The van der Waals surface area contributed by atoms with E-state index in [-0.39, 0.29) is 26.1 Å². The van der Waals surface area contributed by atoms with Crippen molar-refractivity contribution in [1.82, 2.24) is 0 Å². The highest BCUT2D eigenvalue weighted by molar-refractivity contribution is 5.70. The second-order valence-electron chi connectivity index (χ2n) is 11.3. The molecule has 10 nitrogen and oxygen atoms in total. The molecule has 0 aromatic rings. The van der Waals surface area contributed by atoms with E-state index >= 15 is 0 Å². The molecular weight excluding hydrogens is 544 g/mol. The van der Waals surface area contributed by atoms with E-state index in [1.165, 1.54) is 51.4 Å². The van der Waals surface area contributed by atoms with E-state index in [1.54, 1.807) is 0 Å². The maximum Gasteiger partial charge on any atom is 0.306 e. The van der Waals surface area contributed by atoms with Crippen LogP contribution < -0.4 is 0 Å². The molecule has 0 radical (unpaired) electrons. The molecule has 10 heteroatoms. The van der Waals surface area contributed by atoms with E-state index in [4.69, 9.17) is 18.9 Å². The topological polar surface area (TPSA) is 152 Å². The molecule has 1 saturated heterocycles. The van der Waals surface area contributed by atoms with Gasteiger partial charge in [-0.1, -0.05) is 83.8 Å². The molecule has 1 rings (SSSR count). The Morgan fingerprint density at radius 1 is 0.714 bits per heavy atom. The summed E-state index contributed by atoms with van der Waals surface area (Å²) in [5.41, 5.74) is 0. The van der Waals surface area contributed by atoms with Gasteiger partial charge in [0, 0.05) is 12.8 Å². The number of unbranched alkanes of at least 4 members (excludes halogenated alkanes) is 12. The first-order valence-corrected chi connectivity index (χ1v) is 16.3. The minimum atomic E-state index is -1.59. The molecule has 6 atom stereocenters. The lowest BCUT2D eigenvalue weighted by Crippen LogP contribution is -2.59. The number of esters is 2. The number of carbonyl (C=O) groups excluding carboxylic acids is 2. The van der Waals surface area contributed by atoms with E-state index in [0.717, 1.165) is 32.1 Å². The molecule has 1 heterocycles. The molecule has 0 amide bonds. The lowest BCUT2D eigenvalue weighted by molar-refractivity contribution is -0.305. The second kappa shape index (κ2) is 24.8. The zero-order chi connectivity index (χ0) is 31.0. The van der Waals surface area contributed by atoms with Gasteiger partial charge in [0.2, 0.25) is 0 Å². The van der Waals surface area contributed by atoms with Gasteiger partial charge in [-0.3, -0.25) is 9.59 Å². The van der Waals surface area contributed by atoms with Crippen molar-refractivity contribution in [2.75, 3.05) is 19.8 Å². The van der Waals surface area contributed by atoms with Crippen molar-refractivity contribution in [2.24, 2.45) is 0 Å². The van der Waals surface area contributed by atoms with Crippen LogP contribution in [0.2, 0.25) is 0 Å². The minimum absolute atomic E-state index is 0.220. The Bertz CT molecular complexity index is 713. The summed E-state index contributed by atoms with van der Waals surface area (Å²) in [5.74, 6) is -0.878. The highest BCUT2D eigenvalue weighted by atomic mass is 16.7. The number of carbonyl (C=O) groups is 2. The van der Waals surface area contributed by atoms with Crippen LogP contribution in [0.1, 0.15) is 123 Å². The normalized spacial score (nSPS) is 23.2. The van der Waals surface area contributed by atoms with Crippen LogP contribution in [0.3, 0.4) is 0 Å². The number of ether oxygens (including phenoxy) is 4. The molecule has 4 N–H and O–H groups in total. The molecule has 0 aromatic carbocycles. The first kappa shape index (κ1) is 38.5. The largest absolute Gasteiger partial charge is 0.462 e. The lowest BCUT2D eigenvalue weighted by Gasteiger charge is -2.39. The van der Waals surface area contributed by atoms with Crippen LogP contribution in [0.15, 0.2) is 12.2 Å². The third kappa shape index (κ3) is 17.5. The SMILES string of the molecule is CCCCCCCCC/C=C\CCCCCCCC(=O)OC(COC(=O)CCC)COC1OC(CO)C(O)C(O)C1O. The summed E-state index contributed by atoms with van der Waals surface area (Å²) in [4.78, 5) is 24.3. The molecule has 42 heavy (non-hydrogen) atoms. The van der Waals surface area contributed by atoms with Crippen molar-refractivity contribution in [1.29, 1.82) is 0 Å². The van der Waals surface area contributed by atoms with Gasteiger partial charge < -0.3 is 39.4 Å². The molecule has 1 aliphatic rings. The summed E-state index contributed by atoms with van der Waals surface area (Å²) >= 11 is 0. The number of allylic oxidation sites excluding steroid dienone is 2. The molecule has 1 fully saturated rings. The van der Waals surface area contributed by atoms with Gasteiger partial charge in [-0.05, 0) is 38.5 Å². The molecule has 0 aromatic heterocycles. The third-order valence-electron chi connectivity index (χ3n) is 7.37. The van der Waals surface area contributed by atoms with E-state index in [2.05, 4.69) is 19.1 Å². The Labute approximate surface area is 252 Å². The van der Waals surface area contributed by atoms with Gasteiger partial charge in [-0.2, -0.15) is 0 Å². The first-order valence-electron chi connectivity index (χ1n) is 16.3. The van der Waals surface area contributed by atoms with E-state index in [0.29, 0.717) is 12.8 Å². The number of aliphatic hydroxyl groups is 4. The predicted molar refractivity (Wildman–Crippen MR) is 160 cm³/mol. The van der Waals surface area contributed by atoms with E-state index in [9.17, 15) is 30.0 Å². The molecule has 0 aliphatic carbocycles. The smallest absolute Gasteiger partial charge is 0.306 e.